The van der Waals surface area contributed by atoms with E-state index in [0.717, 1.165) is 31.8 Å². The number of fused-ring (bicyclic) bond motifs is 1. The molecule has 0 aliphatic carbocycles. The molecule has 4 heteroatoms. The predicted octanol–water partition coefficient (Wildman–Crippen LogP) is 3.00. The van der Waals surface area contributed by atoms with Gasteiger partial charge < -0.3 is 9.64 Å². The molecule has 138 valence electrons. The van der Waals surface area contributed by atoms with E-state index >= 15 is 0 Å². The SMILES string of the molecule is Cc1ccc(C2NNCC2CN(C)CC2Cc3ccccc3O2)cc1C. The van der Waals surface area contributed by atoms with E-state index in [1.54, 1.807) is 0 Å². The molecule has 2 aliphatic rings. The fraction of sp³-hybridized carbons (Fsp3) is 0.455. The molecule has 2 N–H and O–H groups in total. The van der Waals surface area contributed by atoms with Gasteiger partial charge in [0.05, 0.1) is 6.04 Å². The van der Waals surface area contributed by atoms with Crippen molar-refractivity contribution in [3.8, 4) is 5.75 Å². The van der Waals surface area contributed by atoms with Crippen molar-refractivity contribution in [1.29, 1.82) is 0 Å². The van der Waals surface area contributed by atoms with Crippen LogP contribution in [0.25, 0.3) is 0 Å². The molecular formula is C22H29N3O. The normalized spacial score (nSPS) is 24.7. The van der Waals surface area contributed by atoms with Crippen LogP contribution >= 0.6 is 0 Å². The lowest BCUT2D eigenvalue weighted by Gasteiger charge is -2.27. The summed E-state index contributed by atoms with van der Waals surface area (Å²) in [5.74, 6) is 1.61. The average molecular weight is 351 g/mol. The summed E-state index contributed by atoms with van der Waals surface area (Å²) in [5, 5.41) is 0. The maximum Gasteiger partial charge on any atom is 0.123 e. The van der Waals surface area contributed by atoms with Crippen molar-refractivity contribution in [1.82, 2.24) is 15.8 Å². The van der Waals surface area contributed by atoms with Crippen LogP contribution in [0.1, 0.15) is 28.3 Å². The van der Waals surface area contributed by atoms with Gasteiger partial charge in [0.15, 0.2) is 0 Å². The number of rotatable bonds is 5. The first-order valence-corrected chi connectivity index (χ1v) is 9.59. The largest absolute Gasteiger partial charge is 0.488 e. The highest BCUT2D eigenvalue weighted by atomic mass is 16.5. The minimum absolute atomic E-state index is 0.264. The fourth-order valence-electron chi connectivity index (χ4n) is 4.20. The van der Waals surface area contributed by atoms with Gasteiger partial charge in [-0.3, -0.25) is 5.43 Å². The summed E-state index contributed by atoms with van der Waals surface area (Å²) in [4.78, 5) is 2.42. The van der Waals surface area contributed by atoms with Gasteiger partial charge >= 0.3 is 0 Å². The Morgan fingerprint density at radius 1 is 1.08 bits per heavy atom. The lowest BCUT2D eigenvalue weighted by molar-refractivity contribution is 0.155. The molecule has 0 amide bonds. The number of hydrogen-bond acceptors (Lipinski definition) is 4. The molecule has 4 rings (SSSR count). The van der Waals surface area contributed by atoms with Crippen molar-refractivity contribution in [3.05, 3.63) is 64.7 Å². The van der Waals surface area contributed by atoms with E-state index < -0.39 is 0 Å². The van der Waals surface area contributed by atoms with Crippen molar-refractivity contribution in [2.75, 3.05) is 26.7 Å². The van der Waals surface area contributed by atoms with Crippen LogP contribution < -0.4 is 15.6 Å². The third-order valence-corrected chi connectivity index (χ3v) is 5.76. The van der Waals surface area contributed by atoms with E-state index in [1.165, 1.54) is 22.3 Å². The molecule has 0 spiro atoms. The molecule has 4 nitrogen and oxygen atoms in total. The Balaban J connectivity index is 1.36. The summed E-state index contributed by atoms with van der Waals surface area (Å²) in [6.45, 7) is 7.37. The second-order valence-corrected chi connectivity index (χ2v) is 7.88. The molecule has 1 fully saturated rings. The van der Waals surface area contributed by atoms with Crippen molar-refractivity contribution in [2.45, 2.75) is 32.4 Å². The summed E-state index contributed by atoms with van der Waals surface area (Å²) < 4.78 is 6.11. The summed E-state index contributed by atoms with van der Waals surface area (Å²) in [6.07, 6.45) is 1.28. The van der Waals surface area contributed by atoms with E-state index in [2.05, 4.69) is 79.1 Å². The standard InChI is InChI=1S/C22H29N3O/c1-15-8-9-18(10-16(15)2)22-19(12-23-24-22)13-25(3)14-20-11-17-6-4-5-7-21(17)26-20/h4-10,19-20,22-24H,11-14H2,1-3H3. The predicted molar refractivity (Wildman–Crippen MR) is 105 cm³/mol. The number of nitrogens with one attached hydrogen (secondary N) is 2. The highest BCUT2D eigenvalue weighted by Gasteiger charge is 2.31. The van der Waals surface area contributed by atoms with Crippen LogP contribution in [0.5, 0.6) is 5.75 Å². The summed E-state index contributed by atoms with van der Waals surface area (Å²) in [7, 11) is 2.21. The zero-order valence-corrected chi connectivity index (χ0v) is 16.0. The van der Waals surface area contributed by atoms with Gasteiger partial charge in [0.1, 0.15) is 11.9 Å². The number of likely N-dealkylation sites (N-methyl/N-ethyl adjacent to an activating group) is 1. The third-order valence-electron chi connectivity index (χ3n) is 5.76. The van der Waals surface area contributed by atoms with E-state index in [0.29, 0.717) is 12.0 Å². The minimum Gasteiger partial charge on any atom is -0.488 e. The third kappa shape index (κ3) is 3.63. The number of ether oxygens (including phenoxy) is 1. The monoisotopic (exact) mass is 351 g/mol. The molecule has 0 radical (unpaired) electrons. The number of aryl methyl sites for hydroxylation is 2. The van der Waals surface area contributed by atoms with Crippen molar-refractivity contribution in [3.63, 3.8) is 0 Å². The molecule has 2 heterocycles. The van der Waals surface area contributed by atoms with Gasteiger partial charge in [-0.2, -0.15) is 0 Å². The van der Waals surface area contributed by atoms with E-state index in [9.17, 15) is 0 Å². The number of benzene rings is 2. The minimum atomic E-state index is 0.264. The second kappa shape index (κ2) is 7.39. The first-order valence-electron chi connectivity index (χ1n) is 9.59. The van der Waals surface area contributed by atoms with E-state index in [1.807, 2.05) is 0 Å². The molecule has 1 saturated heterocycles. The zero-order chi connectivity index (χ0) is 18.1. The zero-order valence-electron chi connectivity index (χ0n) is 16.0. The van der Waals surface area contributed by atoms with Gasteiger partial charge in [-0.15, -0.1) is 0 Å². The Bertz CT molecular complexity index is 751. The van der Waals surface area contributed by atoms with Gasteiger partial charge in [-0.25, -0.2) is 5.43 Å². The Kier molecular flexibility index (Phi) is 4.98. The maximum atomic E-state index is 6.11. The molecule has 2 aromatic carbocycles. The molecule has 3 atom stereocenters. The number of hydrogen-bond donors (Lipinski definition) is 2. The quantitative estimate of drug-likeness (QED) is 0.868. The fourth-order valence-corrected chi connectivity index (χ4v) is 4.20. The van der Waals surface area contributed by atoms with Gasteiger partial charge in [0.2, 0.25) is 0 Å². The molecule has 2 aliphatic heterocycles. The lowest BCUT2D eigenvalue weighted by Crippen LogP contribution is -2.37. The van der Waals surface area contributed by atoms with E-state index in [-0.39, 0.29) is 6.10 Å². The van der Waals surface area contributed by atoms with Crippen molar-refractivity contribution >= 4 is 0 Å². The summed E-state index contributed by atoms with van der Waals surface area (Å²) >= 11 is 0. The van der Waals surface area contributed by atoms with Gasteiger partial charge in [0.25, 0.3) is 0 Å². The van der Waals surface area contributed by atoms with Crippen LogP contribution in [-0.2, 0) is 6.42 Å². The summed E-state index contributed by atoms with van der Waals surface area (Å²) in [6, 6.07) is 15.6. The Hall–Kier alpha value is -1.88. The van der Waals surface area contributed by atoms with Crippen LogP contribution in [0.15, 0.2) is 42.5 Å². The molecule has 26 heavy (non-hydrogen) atoms. The molecule has 2 aromatic rings. The first kappa shape index (κ1) is 17.5. The summed E-state index contributed by atoms with van der Waals surface area (Å²) in [5.41, 5.74) is 12.3. The van der Waals surface area contributed by atoms with Gasteiger partial charge in [-0.05, 0) is 49.2 Å². The Morgan fingerprint density at radius 3 is 2.73 bits per heavy atom. The molecular weight excluding hydrogens is 322 g/mol. The lowest BCUT2D eigenvalue weighted by atomic mass is 9.92. The average Bonchev–Trinajstić information content (AvgIpc) is 3.23. The van der Waals surface area contributed by atoms with E-state index in [4.69, 9.17) is 4.74 Å². The highest BCUT2D eigenvalue weighted by molar-refractivity contribution is 5.37. The highest BCUT2D eigenvalue weighted by Crippen LogP contribution is 2.30. The molecule has 3 unspecified atom stereocenters. The second-order valence-electron chi connectivity index (χ2n) is 7.88. The molecule has 0 bridgehead atoms. The van der Waals surface area contributed by atoms with Crippen LogP contribution in [0.2, 0.25) is 0 Å². The smallest absolute Gasteiger partial charge is 0.123 e. The topological polar surface area (TPSA) is 36.5 Å². The number of hydrazine groups is 1. The van der Waals surface area contributed by atoms with Crippen LogP contribution in [0.3, 0.4) is 0 Å². The maximum absolute atomic E-state index is 6.11. The Labute approximate surface area is 156 Å². The number of para-hydroxylation sites is 1. The number of nitrogens with zero attached hydrogens (tertiary/aromatic N) is 1. The van der Waals surface area contributed by atoms with Crippen molar-refractivity contribution in [2.24, 2.45) is 5.92 Å². The van der Waals surface area contributed by atoms with Crippen LogP contribution in [0, 0.1) is 19.8 Å². The van der Waals surface area contributed by atoms with Crippen LogP contribution in [-0.4, -0.2) is 37.7 Å². The molecule has 0 aromatic heterocycles. The van der Waals surface area contributed by atoms with Crippen molar-refractivity contribution < 1.29 is 4.74 Å². The first-order chi connectivity index (χ1) is 12.6. The van der Waals surface area contributed by atoms with Crippen LogP contribution in [0.4, 0.5) is 0 Å². The van der Waals surface area contributed by atoms with Gasteiger partial charge in [-0.1, -0.05) is 36.4 Å². The molecule has 0 saturated carbocycles. The Morgan fingerprint density at radius 2 is 1.92 bits per heavy atom. The van der Waals surface area contributed by atoms with Gasteiger partial charge in [0, 0.05) is 32.0 Å².